The summed E-state index contributed by atoms with van der Waals surface area (Å²) >= 11 is 5.80. The van der Waals surface area contributed by atoms with Gasteiger partial charge in [-0.05, 0) is 16.5 Å². The van der Waals surface area contributed by atoms with Crippen molar-refractivity contribution in [1.82, 2.24) is 0 Å². The summed E-state index contributed by atoms with van der Waals surface area (Å²) in [7, 11) is 0. The number of nitrogens with zero attached hydrogens (tertiary/aromatic N) is 1. The molecule has 1 aromatic carbocycles. The van der Waals surface area contributed by atoms with E-state index < -0.39 is 5.38 Å². The van der Waals surface area contributed by atoms with Crippen molar-refractivity contribution in [3.8, 4) is 6.07 Å². The first kappa shape index (κ1) is 11.1. The van der Waals surface area contributed by atoms with E-state index >= 15 is 0 Å². The van der Waals surface area contributed by atoms with Crippen molar-refractivity contribution < 1.29 is 0 Å². The highest BCUT2D eigenvalue weighted by Gasteiger charge is 2.14. The summed E-state index contributed by atoms with van der Waals surface area (Å²) in [6, 6.07) is 9.90. The monoisotopic (exact) mass is 207 g/mol. The molecule has 1 rings (SSSR count). The van der Waals surface area contributed by atoms with Gasteiger partial charge < -0.3 is 0 Å². The summed E-state index contributed by atoms with van der Waals surface area (Å²) in [4.78, 5) is 0. The van der Waals surface area contributed by atoms with E-state index in [0.717, 1.165) is 5.56 Å². The molecule has 0 aliphatic rings. The molecule has 0 aromatic heterocycles. The minimum absolute atomic E-state index is 0.146. The topological polar surface area (TPSA) is 23.8 Å². The van der Waals surface area contributed by atoms with E-state index in [9.17, 15) is 0 Å². The van der Waals surface area contributed by atoms with Crippen LogP contribution in [0.5, 0.6) is 0 Å². The van der Waals surface area contributed by atoms with E-state index in [2.05, 4.69) is 20.8 Å². The minimum atomic E-state index is -0.538. The lowest BCUT2D eigenvalue weighted by Gasteiger charge is -2.19. The Balaban J connectivity index is 2.96. The molecule has 74 valence electrons. The van der Waals surface area contributed by atoms with Crippen molar-refractivity contribution in [2.24, 2.45) is 0 Å². The molecule has 0 saturated heterocycles. The van der Waals surface area contributed by atoms with Gasteiger partial charge in [0.1, 0.15) is 5.38 Å². The Labute approximate surface area is 90.3 Å². The van der Waals surface area contributed by atoms with Gasteiger partial charge in [-0.1, -0.05) is 45.0 Å². The number of hydrogen-bond donors (Lipinski definition) is 0. The fourth-order valence-corrected chi connectivity index (χ4v) is 1.37. The standard InChI is InChI=1S/C12H14ClN/c1-12(2,3)10-6-4-9(5-7-10)11(13)8-14/h4-7,11H,1-3H3. The molecule has 0 saturated carbocycles. The Morgan fingerprint density at radius 1 is 1.21 bits per heavy atom. The van der Waals surface area contributed by atoms with Crippen LogP contribution in [0.15, 0.2) is 24.3 Å². The summed E-state index contributed by atoms with van der Waals surface area (Å²) in [5.74, 6) is 0. The van der Waals surface area contributed by atoms with Gasteiger partial charge in [0.25, 0.3) is 0 Å². The predicted octanol–water partition coefficient (Wildman–Crippen LogP) is 3.79. The molecule has 0 fully saturated rings. The molecule has 0 heterocycles. The predicted molar refractivity (Wildman–Crippen MR) is 59.3 cm³/mol. The van der Waals surface area contributed by atoms with Gasteiger partial charge in [0.2, 0.25) is 0 Å². The average molecular weight is 208 g/mol. The molecule has 1 aromatic rings. The largest absolute Gasteiger partial charge is 0.196 e. The number of alkyl halides is 1. The van der Waals surface area contributed by atoms with E-state index in [-0.39, 0.29) is 5.41 Å². The van der Waals surface area contributed by atoms with Gasteiger partial charge in [0, 0.05) is 0 Å². The molecular formula is C12H14ClN. The third-order valence-corrected chi connectivity index (χ3v) is 2.53. The van der Waals surface area contributed by atoms with Crippen molar-refractivity contribution in [3.05, 3.63) is 35.4 Å². The van der Waals surface area contributed by atoms with Crippen LogP contribution in [-0.2, 0) is 5.41 Å². The van der Waals surface area contributed by atoms with Crippen LogP contribution in [0.2, 0.25) is 0 Å². The number of halogens is 1. The quantitative estimate of drug-likeness (QED) is 0.643. The van der Waals surface area contributed by atoms with Gasteiger partial charge in [-0.15, -0.1) is 11.6 Å². The van der Waals surface area contributed by atoms with Crippen LogP contribution >= 0.6 is 11.6 Å². The molecule has 0 amide bonds. The third-order valence-electron chi connectivity index (χ3n) is 2.18. The number of benzene rings is 1. The van der Waals surface area contributed by atoms with E-state index in [0.29, 0.717) is 0 Å². The Hall–Kier alpha value is -1.00. The molecule has 1 atom stereocenters. The Bertz CT molecular complexity index is 340. The van der Waals surface area contributed by atoms with Crippen LogP contribution in [0, 0.1) is 11.3 Å². The first-order valence-corrected chi connectivity index (χ1v) is 5.03. The molecule has 0 N–H and O–H groups in total. The highest BCUT2D eigenvalue weighted by atomic mass is 35.5. The zero-order valence-electron chi connectivity index (χ0n) is 8.71. The highest BCUT2D eigenvalue weighted by Crippen LogP contribution is 2.25. The smallest absolute Gasteiger partial charge is 0.145 e. The Kier molecular flexibility index (Phi) is 3.18. The zero-order valence-corrected chi connectivity index (χ0v) is 9.47. The molecule has 0 aliphatic carbocycles. The van der Waals surface area contributed by atoms with Crippen molar-refractivity contribution in [2.45, 2.75) is 31.6 Å². The SMILES string of the molecule is CC(C)(C)c1ccc(C(Cl)C#N)cc1. The van der Waals surface area contributed by atoms with Crippen LogP contribution in [0.25, 0.3) is 0 Å². The van der Waals surface area contributed by atoms with Gasteiger partial charge in [-0.25, -0.2) is 0 Å². The maximum Gasteiger partial charge on any atom is 0.145 e. The van der Waals surface area contributed by atoms with Gasteiger partial charge in [-0.2, -0.15) is 5.26 Å². The van der Waals surface area contributed by atoms with Crippen LogP contribution < -0.4 is 0 Å². The third kappa shape index (κ3) is 2.49. The second-order valence-electron chi connectivity index (χ2n) is 4.36. The normalized spacial score (nSPS) is 13.4. The molecule has 0 radical (unpaired) electrons. The lowest BCUT2D eigenvalue weighted by atomic mass is 9.86. The van der Waals surface area contributed by atoms with Gasteiger partial charge in [0.15, 0.2) is 0 Å². The van der Waals surface area contributed by atoms with Gasteiger partial charge >= 0.3 is 0 Å². The molecular weight excluding hydrogens is 194 g/mol. The lowest BCUT2D eigenvalue weighted by molar-refractivity contribution is 0.590. The van der Waals surface area contributed by atoms with E-state index in [1.807, 2.05) is 30.3 Å². The molecule has 14 heavy (non-hydrogen) atoms. The van der Waals surface area contributed by atoms with Gasteiger partial charge in [0.05, 0.1) is 6.07 Å². The summed E-state index contributed by atoms with van der Waals surface area (Å²) in [5.41, 5.74) is 2.26. The lowest BCUT2D eigenvalue weighted by Crippen LogP contribution is -2.10. The summed E-state index contributed by atoms with van der Waals surface area (Å²) in [6.07, 6.45) is 0. The first-order chi connectivity index (χ1) is 6.45. The molecule has 2 heteroatoms. The number of nitriles is 1. The fraction of sp³-hybridized carbons (Fsp3) is 0.417. The molecule has 0 spiro atoms. The van der Waals surface area contributed by atoms with E-state index in [4.69, 9.17) is 16.9 Å². The van der Waals surface area contributed by atoms with Crippen molar-refractivity contribution in [1.29, 1.82) is 5.26 Å². The van der Waals surface area contributed by atoms with Gasteiger partial charge in [-0.3, -0.25) is 0 Å². The average Bonchev–Trinajstić information content (AvgIpc) is 2.15. The van der Waals surface area contributed by atoms with Crippen molar-refractivity contribution >= 4 is 11.6 Å². The minimum Gasteiger partial charge on any atom is -0.196 e. The Morgan fingerprint density at radius 2 is 1.71 bits per heavy atom. The van der Waals surface area contributed by atoms with Crippen LogP contribution in [-0.4, -0.2) is 0 Å². The second kappa shape index (κ2) is 4.02. The molecule has 1 unspecified atom stereocenters. The highest BCUT2D eigenvalue weighted by molar-refractivity contribution is 6.22. The first-order valence-electron chi connectivity index (χ1n) is 4.59. The van der Waals surface area contributed by atoms with Crippen LogP contribution in [0.4, 0.5) is 0 Å². The summed E-state index contributed by atoms with van der Waals surface area (Å²) in [6.45, 7) is 6.47. The van der Waals surface area contributed by atoms with E-state index in [1.54, 1.807) is 0 Å². The molecule has 1 nitrogen and oxygen atoms in total. The molecule has 0 bridgehead atoms. The number of rotatable bonds is 1. The maximum absolute atomic E-state index is 8.64. The maximum atomic E-state index is 8.64. The van der Waals surface area contributed by atoms with Crippen LogP contribution in [0.3, 0.4) is 0 Å². The second-order valence-corrected chi connectivity index (χ2v) is 4.80. The van der Waals surface area contributed by atoms with Crippen molar-refractivity contribution in [2.75, 3.05) is 0 Å². The van der Waals surface area contributed by atoms with Crippen LogP contribution in [0.1, 0.15) is 37.3 Å². The zero-order chi connectivity index (χ0) is 10.8. The number of hydrogen-bond acceptors (Lipinski definition) is 1. The summed E-state index contributed by atoms with van der Waals surface area (Å²) in [5, 5.41) is 8.10. The molecule has 0 aliphatic heterocycles. The van der Waals surface area contributed by atoms with E-state index in [1.165, 1.54) is 5.56 Å². The Morgan fingerprint density at radius 3 is 2.07 bits per heavy atom. The van der Waals surface area contributed by atoms with Crippen molar-refractivity contribution in [3.63, 3.8) is 0 Å². The summed E-state index contributed by atoms with van der Waals surface area (Å²) < 4.78 is 0. The fourth-order valence-electron chi connectivity index (χ4n) is 1.23.